The van der Waals surface area contributed by atoms with Gasteiger partial charge in [-0.15, -0.1) is 0 Å². The zero-order valence-corrected chi connectivity index (χ0v) is 19.1. The maximum atomic E-state index is 12.4. The Balaban J connectivity index is 1.48. The molecule has 2 N–H and O–H groups in total. The Kier molecular flexibility index (Phi) is 7.91. The average Bonchev–Trinajstić information content (AvgIpc) is 3.07. The highest BCUT2D eigenvalue weighted by Crippen LogP contribution is 2.44. The minimum Gasteiger partial charge on any atom is -0.480 e. The lowest BCUT2D eigenvalue weighted by molar-refractivity contribution is -0.139. The maximum Gasteiger partial charge on any atom is 0.407 e. The number of carboxylic acids is 1. The Morgan fingerprint density at radius 1 is 0.969 bits per heavy atom. The number of hydrogen-bond acceptors (Lipinski definition) is 4. The van der Waals surface area contributed by atoms with Crippen LogP contribution in [0.25, 0.3) is 11.1 Å². The molecular weight excluding hydrogens is 406 g/mol. The maximum absolute atomic E-state index is 12.4. The molecule has 1 atom stereocenters. The summed E-state index contributed by atoms with van der Waals surface area (Å²) in [4.78, 5) is 23.9. The number of aliphatic carboxylic acids is 1. The molecule has 0 fully saturated rings. The zero-order chi connectivity index (χ0) is 23.1. The molecule has 3 rings (SSSR count). The number of hydrogen-bond donors (Lipinski definition) is 2. The molecule has 0 aliphatic heterocycles. The summed E-state index contributed by atoms with van der Waals surface area (Å²) in [6.45, 7) is 6.82. The number of carbonyl (C=O) groups is 2. The largest absolute Gasteiger partial charge is 0.480 e. The fourth-order valence-corrected chi connectivity index (χ4v) is 4.05. The van der Waals surface area contributed by atoms with Crippen LogP contribution in [0.15, 0.2) is 48.5 Å². The second-order valence-corrected chi connectivity index (χ2v) is 9.17. The number of carbonyl (C=O) groups excluding carboxylic acids is 1. The summed E-state index contributed by atoms with van der Waals surface area (Å²) in [5, 5.41) is 12.0. The van der Waals surface area contributed by atoms with E-state index in [-0.39, 0.29) is 18.1 Å². The molecule has 32 heavy (non-hydrogen) atoms. The molecule has 0 unspecified atom stereocenters. The van der Waals surface area contributed by atoms with Crippen molar-refractivity contribution in [2.75, 3.05) is 13.2 Å². The summed E-state index contributed by atoms with van der Waals surface area (Å²) in [5.74, 6) is -1.11. The number of carboxylic acid groups (broad SMARTS) is 1. The van der Waals surface area contributed by atoms with Crippen LogP contribution < -0.4 is 5.32 Å². The van der Waals surface area contributed by atoms with Gasteiger partial charge in [0.2, 0.25) is 0 Å². The quantitative estimate of drug-likeness (QED) is 0.487. The lowest BCUT2D eigenvalue weighted by atomic mass is 9.98. The number of amides is 1. The molecule has 0 radical (unpaired) electrons. The van der Waals surface area contributed by atoms with Crippen molar-refractivity contribution < 1.29 is 24.2 Å². The third kappa shape index (κ3) is 6.33. The first-order valence-electron chi connectivity index (χ1n) is 11.2. The topological polar surface area (TPSA) is 84.9 Å². The van der Waals surface area contributed by atoms with Crippen LogP contribution in [0.3, 0.4) is 0 Å². The van der Waals surface area contributed by atoms with Gasteiger partial charge in [0.1, 0.15) is 12.6 Å². The van der Waals surface area contributed by atoms with Crippen LogP contribution in [0.5, 0.6) is 0 Å². The highest BCUT2D eigenvalue weighted by Gasteiger charge is 2.29. The van der Waals surface area contributed by atoms with Crippen LogP contribution in [0.2, 0.25) is 0 Å². The number of unbranched alkanes of at least 4 members (excludes halogenated alkanes) is 2. The predicted octanol–water partition coefficient (Wildman–Crippen LogP) is 5.35. The molecule has 1 aliphatic rings. The highest BCUT2D eigenvalue weighted by atomic mass is 16.5. The number of alkyl carbamates (subject to hydrolysis) is 1. The van der Waals surface area contributed by atoms with E-state index in [9.17, 15) is 14.7 Å². The lowest BCUT2D eigenvalue weighted by Gasteiger charge is -2.19. The van der Waals surface area contributed by atoms with E-state index in [0.29, 0.717) is 19.4 Å². The molecule has 172 valence electrons. The summed E-state index contributed by atoms with van der Waals surface area (Å²) in [5.41, 5.74) is 4.37. The molecule has 0 bridgehead atoms. The Labute approximate surface area is 189 Å². The van der Waals surface area contributed by atoms with Gasteiger partial charge in [-0.25, -0.2) is 9.59 Å². The first-order chi connectivity index (χ1) is 15.3. The number of nitrogens with one attached hydrogen (secondary N) is 1. The summed E-state index contributed by atoms with van der Waals surface area (Å²) >= 11 is 0. The van der Waals surface area contributed by atoms with Gasteiger partial charge in [0, 0.05) is 12.5 Å². The van der Waals surface area contributed by atoms with Gasteiger partial charge >= 0.3 is 12.1 Å². The first-order valence-corrected chi connectivity index (χ1v) is 11.2. The van der Waals surface area contributed by atoms with Crippen molar-refractivity contribution in [1.82, 2.24) is 5.32 Å². The molecule has 0 saturated heterocycles. The van der Waals surface area contributed by atoms with Crippen molar-refractivity contribution in [3.05, 3.63) is 59.7 Å². The normalized spacial score (nSPS) is 13.8. The highest BCUT2D eigenvalue weighted by molar-refractivity contribution is 5.81. The van der Waals surface area contributed by atoms with Gasteiger partial charge in [-0.1, -0.05) is 61.4 Å². The van der Waals surface area contributed by atoms with Crippen molar-refractivity contribution in [2.45, 2.75) is 64.0 Å². The second kappa shape index (κ2) is 10.6. The molecular formula is C26H33NO5. The van der Waals surface area contributed by atoms with Crippen LogP contribution >= 0.6 is 0 Å². The van der Waals surface area contributed by atoms with Crippen molar-refractivity contribution in [1.29, 1.82) is 0 Å². The van der Waals surface area contributed by atoms with Crippen LogP contribution in [-0.4, -0.2) is 42.0 Å². The molecule has 0 heterocycles. The van der Waals surface area contributed by atoms with Crippen molar-refractivity contribution in [2.24, 2.45) is 0 Å². The van der Waals surface area contributed by atoms with E-state index in [4.69, 9.17) is 9.47 Å². The van der Waals surface area contributed by atoms with Gasteiger partial charge in [0.25, 0.3) is 0 Å². The Hall–Kier alpha value is -2.86. The van der Waals surface area contributed by atoms with Gasteiger partial charge < -0.3 is 19.9 Å². The molecule has 0 aromatic heterocycles. The van der Waals surface area contributed by atoms with Gasteiger partial charge in [0.05, 0.1) is 5.60 Å². The third-order valence-electron chi connectivity index (χ3n) is 5.61. The van der Waals surface area contributed by atoms with E-state index < -0.39 is 18.1 Å². The van der Waals surface area contributed by atoms with Gasteiger partial charge in [-0.05, 0) is 55.9 Å². The summed E-state index contributed by atoms with van der Waals surface area (Å²) in [6.07, 6.45) is 2.04. The standard InChI is InChI=1S/C26H33NO5/c1-26(2,3)32-16-10-4-5-15-23(24(28)29)27-25(30)31-17-22-20-13-8-6-11-18(20)19-12-7-9-14-21(19)22/h6-9,11-14,22-23H,4-5,10,15-17H2,1-3H3,(H,27,30)(H,28,29)/t23-/m0/s1. The second-order valence-electron chi connectivity index (χ2n) is 9.17. The fraction of sp³-hybridized carbons (Fsp3) is 0.462. The Morgan fingerprint density at radius 3 is 2.12 bits per heavy atom. The van der Waals surface area contributed by atoms with Gasteiger partial charge in [-0.2, -0.15) is 0 Å². The van der Waals surface area contributed by atoms with E-state index in [2.05, 4.69) is 17.4 Å². The van der Waals surface area contributed by atoms with Crippen LogP contribution in [-0.2, 0) is 14.3 Å². The Morgan fingerprint density at radius 2 is 1.56 bits per heavy atom. The molecule has 6 heteroatoms. The number of fused-ring (bicyclic) bond motifs is 3. The van der Waals surface area contributed by atoms with E-state index in [1.165, 1.54) is 0 Å². The van der Waals surface area contributed by atoms with Crippen molar-refractivity contribution >= 4 is 12.1 Å². The molecule has 1 aliphatic carbocycles. The lowest BCUT2D eigenvalue weighted by Crippen LogP contribution is -2.41. The van der Waals surface area contributed by atoms with Crippen LogP contribution in [0, 0.1) is 0 Å². The van der Waals surface area contributed by atoms with E-state index in [1.54, 1.807) is 0 Å². The van der Waals surface area contributed by atoms with E-state index in [1.807, 2.05) is 57.2 Å². The number of rotatable bonds is 10. The zero-order valence-electron chi connectivity index (χ0n) is 19.1. The average molecular weight is 440 g/mol. The third-order valence-corrected chi connectivity index (χ3v) is 5.61. The minimum atomic E-state index is -1.05. The van der Waals surface area contributed by atoms with Gasteiger partial charge in [-0.3, -0.25) is 0 Å². The molecule has 6 nitrogen and oxygen atoms in total. The van der Waals surface area contributed by atoms with E-state index >= 15 is 0 Å². The van der Waals surface area contributed by atoms with Crippen LogP contribution in [0.4, 0.5) is 4.79 Å². The smallest absolute Gasteiger partial charge is 0.407 e. The van der Waals surface area contributed by atoms with E-state index in [0.717, 1.165) is 35.1 Å². The molecule has 0 spiro atoms. The molecule has 1 amide bonds. The minimum absolute atomic E-state index is 0.0563. The molecule has 0 saturated carbocycles. The monoisotopic (exact) mass is 439 g/mol. The Bertz CT molecular complexity index is 888. The number of benzene rings is 2. The van der Waals surface area contributed by atoms with Crippen molar-refractivity contribution in [3.8, 4) is 11.1 Å². The summed E-state index contributed by atoms with van der Waals surface area (Å²) < 4.78 is 11.1. The fourth-order valence-electron chi connectivity index (χ4n) is 4.05. The summed E-state index contributed by atoms with van der Waals surface area (Å²) in [7, 11) is 0. The van der Waals surface area contributed by atoms with Crippen molar-refractivity contribution in [3.63, 3.8) is 0 Å². The number of ether oxygens (including phenoxy) is 2. The molecule has 2 aromatic carbocycles. The summed E-state index contributed by atoms with van der Waals surface area (Å²) in [6, 6.07) is 15.2. The SMILES string of the molecule is CC(C)(C)OCCCCC[C@H](NC(=O)OCC1c2ccccc2-c2ccccc21)C(=O)O. The van der Waals surface area contributed by atoms with Crippen LogP contribution in [0.1, 0.15) is 63.5 Å². The first kappa shape index (κ1) is 23.8. The van der Waals surface area contributed by atoms with Gasteiger partial charge in [0.15, 0.2) is 0 Å². The molecule has 2 aromatic rings. The predicted molar refractivity (Wildman–Crippen MR) is 124 cm³/mol.